The largest absolute Gasteiger partial charge is 0.548 e. The summed E-state index contributed by atoms with van der Waals surface area (Å²) in [5, 5.41) is 11.3. The number of hydrogen-bond acceptors (Lipinski definition) is 4. The lowest BCUT2D eigenvalue weighted by Crippen LogP contribution is -2.49. The van der Waals surface area contributed by atoms with Crippen LogP contribution in [0.15, 0.2) is 11.1 Å². The molecule has 0 N–H and O–H groups in total. The highest BCUT2D eigenvalue weighted by atomic mass is 35.5. The molecular formula is C11H11ClNO4-. The number of aliphatic carboxylic acids is 1. The van der Waals surface area contributed by atoms with Gasteiger partial charge in [-0.15, -0.1) is 0 Å². The Labute approximate surface area is 103 Å². The minimum absolute atomic E-state index is 0.313. The molecule has 17 heavy (non-hydrogen) atoms. The van der Waals surface area contributed by atoms with Gasteiger partial charge in [0.05, 0.1) is 23.8 Å². The van der Waals surface area contributed by atoms with E-state index in [4.69, 9.17) is 11.6 Å². The first-order chi connectivity index (χ1) is 7.93. The molecule has 2 aliphatic rings. The minimum atomic E-state index is -1.43. The summed E-state index contributed by atoms with van der Waals surface area (Å²) in [6.45, 7) is 1.28. The van der Waals surface area contributed by atoms with Crippen LogP contribution < -0.4 is 5.11 Å². The van der Waals surface area contributed by atoms with Gasteiger partial charge in [0, 0.05) is 5.03 Å². The number of rotatable bonds is 2. The fourth-order valence-electron chi connectivity index (χ4n) is 2.34. The van der Waals surface area contributed by atoms with Crippen molar-refractivity contribution in [3.63, 3.8) is 0 Å². The Morgan fingerprint density at radius 2 is 2.06 bits per heavy atom. The average Bonchev–Trinajstić information content (AvgIpc) is 2.50. The third-order valence-corrected chi connectivity index (χ3v) is 3.64. The first-order valence-electron chi connectivity index (χ1n) is 5.35. The maximum Gasteiger partial charge on any atom is 0.234 e. The summed E-state index contributed by atoms with van der Waals surface area (Å²) in [4.78, 5) is 35.5. The van der Waals surface area contributed by atoms with E-state index in [9.17, 15) is 19.5 Å². The Morgan fingerprint density at radius 3 is 2.65 bits per heavy atom. The zero-order valence-corrected chi connectivity index (χ0v) is 9.94. The minimum Gasteiger partial charge on any atom is -0.548 e. The molecule has 0 spiro atoms. The molecule has 2 rings (SSSR count). The number of carboxylic acid groups (broad SMARTS) is 1. The van der Waals surface area contributed by atoms with Crippen molar-refractivity contribution in [1.82, 2.24) is 4.90 Å². The highest BCUT2D eigenvalue weighted by molar-refractivity contribution is 6.30. The van der Waals surface area contributed by atoms with Crippen molar-refractivity contribution in [2.24, 2.45) is 11.8 Å². The molecule has 0 unspecified atom stereocenters. The Bertz CT molecular complexity index is 431. The molecule has 2 amide bonds. The molecule has 0 saturated carbocycles. The molecule has 6 heteroatoms. The van der Waals surface area contributed by atoms with Gasteiger partial charge in [-0.25, -0.2) is 0 Å². The number of fused-ring (bicyclic) bond motifs is 1. The molecule has 3 atom stereocenters. The molecule has 0 bridgehead atoms. The third kappa shape index (κ3) is 1.84. The van der Waals surface area contributed by atoms with E-state index in [1.165, 1.54) is 6.92 Å². The molecular weight excluding hydrogens is 246 g/mol. The molecule has 0 aromatic rings. The highest BCUT2D eigenvalue weighted by Gasteiger charge is 2.49. The number of halogens is 1. The van der Waals surface area contributed by atoms with Crippen LogP contribution in [0.4, 0.5) is 0 Å². The molecule has 5 nitrogen and oxygen atoms in total. The molecule has 1 aliphatic carbocycles. The lowest BCUT2D eigenvalue weighted by molar-refractivity contribution is -0.310. The number of carbonyl (C=O) groups excluding carboxylic acids is 3. The fourth-order valence-corrected chi connectivity index (χ4v) is 2.60. The smallest absolute Gasteiger partial charge is 0.234 e. The van der Waals surface area contributed by atoms with Gasteiger partial charge >= 0.3 is 0 Å². The van der Waals surface area contributed by atoms with E-state index < -0.39 is 35.7 Å². The molecule has 0 radical (unpaired) electrons. The number of nitrogens with zero attached hydrogens (tertiary/aromatic N) is 1. The normalized spacial score (nSPS) is 30.0. The molecule has 1 aliphatic heterocycles. The maximum absolute atomic E-state index is 12.0. The Hall–Kier alpha value is -1.36. The van der Waals surface area contributed by atoms with Gasteiger partial charge in [0.15, 0.2) is 0 Å². The van der Waals surface area contributed by atoms with Crippen molar-refractivity contribution >= 4 is 29.4 Å². The summed E-state index contributed by atoms with van der Waals surface area (Å²) in [7, 11) is 0. The van der Waals surface area contributed by atoms with Crippen LogP contribution in [-0.2, 0) is 14.4 Å². The number of amides is 2. The lowest BCUT2D eigenvalue weighted by atomic mass is 9.85. The first-order valence-corrected chi connectivity index (χ1v) is 5.73. The van der Waals surface area contributed by atoms with Gasteiger partial charge in [-0.2, -0.15) is 0 Å². The first kappa shape index (κ1) is 12.1. The van der Waals surface area contributed by atoms with E-state index in [0.29, 0.717) is 17.9 Å². The number of carbonyl (C=O) groups is 3. The van der Waals surface area contributed by atoms with Gasteiger partial charge in [0.1, 0.15) is 0 Å². The van der Waals surface area contributed by atoms with Gasteiger partial charge in [0.2, 0.25) is 11.8 Å². The summed E-state index contributed by atoms with van der Waals surface area (Å²) in [6, 6.07) is -1.22. The Kier molecular flexibility index (Phi) is 2.95. The molecule has 1 saturated heterocycles. The van der Waals surface area contributed by atoms with E-state index >= 15 is 0 Å². The van der Waals surface area contributed by atoms with Crippen molar-refractivity contribution in [3.8, 4) is 0 Å². The van der Waals surface area contributed by atoms with Gasteiger partial charge in [0.25, 0.3) is 0 Å². The van der Waals surface area contributed by atoms with Crippen LogP contribution in [0.25, 0.3) is 0 Å². The van der Waals surface area contributed by atoms with Crippen molar-refractivity contribution in [3.05, 3.63) is 11.1 Å². The SMILES string of the molecule is C[C@@H](C(=O)[O-])N1C(=O)[C@H]2CC=C(Cl)C[C@@H]2C1=O. The monoisotopic (exact) mass is 256 g/mol. The standard InChI is InChI=1S/C11H12ClNO4/c1-5(11(16)17)13-9(14)7-3-2-6(12)4-8(7)10(13)15/h2,5,7-8H,3-4H2,1H3,(H,16,17)/p-1/t5-,7-,8-/m0/s1. The van der Waals surface area contributed by atoms with Crippen LogP contribution in [0.1, 0.15) is 19.8 Å². The predicted molar refractivity (Wildman–Crippen MR) is 56.5 cm³/mol. The number of likely N-dealkylation sites (tertiary alicyclic amines) is 1. The van der Waals surface area contributed by atoms with E-state index in [2.05, 4.69) is 0 Å². The topological polar surface area (TPSA) is 77.5 Å². The highest BCUT2D eigenvalue weighted by Crippen LogP contribution is 2.39. The zero-order chi connectivity index (χ0) is 12.7. The van der Waals surface area contributed by atoms with Crippen molar-refractivity contribution in [1.29, 1.82) is 0 Å². The van der Waals surface area contributed by atoms with Gasteiger partial charge < -0.3 is 9.90 Å². The Morgan fingerprint density at radius 1 is 1.47 bits per heavy atom. The van der Waals surface area contributed by atoms with Crippen LogP contribution in [0.5, 0.6) is 0 Å². The summed E-state index contributed by atoms with van der Waals surface area (Å²) >= 11 is 5.84. The average molecular weight is 257 g/mol. The quantitative estimate of drug-likeness (QED) is 0.633. The fraction of sp³-hybridized carbons (Fsp3) is 0.545. The second-order valence-electron chi connectivity index (χ2n) is 4.35. The van der Waals surface area contributed by atoms with Gasteiger partial charge in [-0.1, -0.05) is 17.7 Å². The summed E-state index contributed by atoms with van der Waals surface area (Å²) in [6.07, 6.45) is 2.42. The molecule has 0 aromatic carbocycles. The van der Waals surface area contributed by atoms with Crippen molar-refractivity contribution in [2.45, 2.75) is 25.8 Å². The van der Waals surface area contributed by atoms with Crippen molar-refractivity contribution < 1.29 is 19.5 Å². The second kappa shape index (κ2) is 4.14. The maximum atomic E-state index is 12.0. The lowest BCUT2D eigenvalue weighted by Gasteiger charge is -2.23. The summed E-state index contributed by atoms with van der Waals surface area (Å²) in [5.74, 6) is -3.29. The summed E-state index contributed by atoms with van der Waals surface area (Å²) < 4.78 is 0. The van der Waals surface area contributed by atoms with Crippen LogP contribution in [-0.4, -0.2) is 28.7 Å². The predicted octanol–water partition coefficient (Wildman–Crippen LogP) is -0.358. The number of carboxylic acids is 1. The van der Waals surface area contributed by atoms with Gasteiger partial charge in [-0.05, 0) is 19.8 Å². The number of allylic oxidation sites excluding steroid dienone is 2. The third-order valence-electron chi connectivity index (χ3n) is 3.33. The molecule has 1 fully saturated rings. The van der Waals surface area contributed by atoms with Crippen LogP contribution in [0.3, 0.4) is 0 Å². The number of hydrogen-bond donors (Lipinski definition) is 0. The van der Waals surface area contributed by atoms with Crippen molar-refractivity contribution in [2.75, 3.05) is 0 Å². The van der Waals surface area contributed by atoms with Crippen LogP contribution in [0.2, 0.25) is 0 Å². The van der Waals surface area contributed by atoms with E-state index in [1.807, 2.05) is 0 Å². The van der Waals surface area contributed by atoms with Crippen LogP contribution in [0, 0.1) is 11.8 Å². The number of imide groups is 1. The molecule has 1 heterocycles. The van der Waals surface area contributed by atoms with E-state index in [-0.39, 0.29) is 0 Å². The van der Waals surface area contributed by atoms with E-state index in [1.54, 1.807) is 6.08 Å². The van der Waals surface area contributed by atoms with E-state index in [0.717, 1.165) is 4.90 Å². The molecule has 92 valence electrons. The summed E-state index contributed by atoms with van der Waals surface area (Å²) in [5.41, 5.74) is 0. The van der Waals surface area contributed by atoms with Crippen LogP contribution >= 0.6 is 11.6 Å². The Balaban J connectivity index is 2.28. The molecule has 0 aromatic heterocycles. The zero-order valence-electron chi connectivity index (χ0n) is 9.18. The second-order valence-corrected chi connectivity index (χ2v) is 4.83. The van der Waals surface area contributed by atoms with Gasteiger partial charge in [-0.3, -0.25) is 14.5 Å².